The van der Waals surface area contributed by atoms with Crippen LogP contribution in [-0.2, 0) is 4.79 Å². The number of pyridine rings is 1. The van der Waals surface area contributed by atoms with Gasteiger partial charge in [0.2, 0.25) is 5.91 Å². The van der Waals surface area contributed by atoms with Crippen molar-refractivity contribution in [2.75, 3.05) is 0 Å². The van der Waals surface area contributed by atoms with Crippen molar-refractivity contribution >= 4 is 49.4 Å². The van der Waals surface area contributed by atoms with E-state index in [0.29, 0.717) is 0 Å². The number of alkyl halides is 2. The molecule has 1 aromatic heterocycles. The number of halogens is 2. The van der Waals surface area contributed by atoms with Gasteiger partial charge in [-0.1, -0.05) is 31.9 Å². The smallest absolute Gasteiger partial charge is 0.288 e. The van der Waals surface area contributed by atoms with Gasteiger partial charge in [0.1, 0.15) is 9.93 Å². The Labute approximate surface area is 118 Å². The second kappa shape index (κ2) is 6.01. The first-order chi connectivity index (χ1) is 8.32. The summed E-state index contributed by atoms with van der Waals surface area (Å²) in [6, 6.07) is 1.07. The summed E-state index contributed by atoms with van der Waals surface area (Å²) in [6.07, 6.45) is 1.04. The second-order valence-electron chi connectivity index (χ2n) is 3.19. The number of rotatable bonds is 3. The van der Waals surface area contributed by atoms with Gasteiger partial charge in [-0.3, -0.25) is 30.0 Å². The van der Waals surface area contributed by atoms with Crippen LogP contribution in [0, 0.1) is 10.1 Å². The molecule has 0 atom stereocenters. The molecule has 0 aromatic carbocycles. The van der Waals surface area contributed by atoms with Gasteiger partial charge in [0.15, 0.2) is 0 Å². The predicted octanol–water partition coefficient (Wildman–Crippen LogP) is 2.05. The number of hydrogen-bond donors (Lipinski definition) is 1. The Balaban J connectivity index is 3.27. The first-order valence-corrected chi connectivity index (χ1v) is 6.40. The minimum atomic E-state index is -0.738. The highest BCUT2D eigenvalue weighted by Crippen LogP contribution is 2.31. The lowest BCUT2D eigenvalue weighted by atomic mass is 10.2. The van der Waals surface area contributed by atoms with Crippen molar-refractivity contribution < 1.29 is 14.5 Å². The van der Waals surface area contributed by atoms with Crippen LogP contribution in [0.2, 0.25) is 0 Å². The Morgan fingerprint density at radius 3 is 2.56 bits per heavy atom. The molecule has 18 heavy (non-hydrogen) atoms. The molecule has 1 heterocycles. The number of nitro groups is 1. The fraction of sp³-hybridized carbons (Fsp3) is 0.222. The van der Waals surface area contributed by atoms with Gasteiger partial charge in [-0.15, -0.1) is 0 Å². The van der Waals surface area contributed by atoms with Crippen LogP contribution < -0.4 is 5.32 Å². The molecule has 0 aliphatic heterocycles. The first kappa shape index (κ1) is 14.7. The molecule has 7 nitrogen and oxygen atoms in total. The Morgan fingerprint density at radius 1 is 1.50 bits per heavy atom. The zero-order valence-electron chi connectivity index (χ0n) is 9.02. The summed E-state index contributed by atoms with van der Waals surface area (Å²) in [7, 11) is 0. The van der Waals surface area contributed by atoms with Crippen LogP contribution in [0.1, 0.15) is 26.7 Å². The number of amides is 2. The Bertz CT molecular complexity index is 519. The molecule has 0 bridgehead atoms. The maximum Gasteiger partial charge on any atom is 0.288 e. The van der Waals surface area contributed by atoms with E-state index >= 15 is 0 Å². The fourth-order valence-corrected chi connectivity index (χ4v) is 1.88. The average molecular weight is 381 g/mol. The van der Waals surface area contributed by atoms with Crippen LogP contribution in [0.15, 0.2) is 12.3 Å². The highest BCUT2D eigenvalue weighted by atomic mass is 79.9. The van der Waals surface area contributed by atoms with Gasteiger partial charge < -0.3 is 0 Å². The molecule has 0 fully saturated rings. The van der Waals surface area contributed by atoms with Gasteiger partial charge in [-0.05, 0) is 0 Å². The van der Waals surface area contributed by atoms with Crippen molar-refractivity contribution in [3.8, 4) is 0 Å². The molecule has 0 spiro atoms. The van der Waals surface area contributed by atoms with Crippen LogP contribution in [0.5, 0.6) is 0 Å². The van der Waals surface area contributed by atoms with E-state index in [0.717, 1.165) is 12.3 Å². The molecule has 0 saturated heterocycles. The van der Waals surface area contributed by atoms with Crippen molar-refractivity contribution in [3.05, 3.63) is 33.6 Å². The Kier molecular flexibility index (Phi) is 4.91. The summed E-state index contributed by atoms with van der Waals surface area (Å²) in [4.78, 5) is 36.3. The molecule has 0 saturated carbocycles. The molecule has 1 aromatic rings. The molecular formula is C9H7Br2N3O4. The lowest BCUT2D eigenvalue weighted by Crippen LogP contribution is -2.29. The van der Waals surface area contributed by atoms with Crippen molar-refractivity contribution in [1.29, 1.82) is 0 Å². The van der Waals surface area contributed by atoms with E-state index in [9.17, 15) is 19.7 Å². The highest BCUT2D eigenvalue weighted by molar-refractivity contribution is 9.24. The van der Waals surface area contributed by atoms with E-state index in [4.69, 9.17) is 0 Å². The van der Waals surface area contributed by atoms with E-state index in [-0.39, 0.29) is 16.9 Å². The summed E-state index contributed by atoms with van der Waals surface area (Å²) >= 11 is 6.30. The first-order valence-electron chi connectivity index (χ1n) is 4.57. The van der Waals surface area contributed by atoms with Crippen LogP contribution in [0.4, 0.5) is 5.69 Å². The molecular weight excluding hydrogens is 374 g/mol. The molecule has 1 N–H and O–H groups in total. The molecule has 0 unspecified atom stereocenters. The summed E-state index contributed by atoms with van der Waals surface area (Å²) in [6.45, 7) is 1.17. The predicted molar refractivity (Wildman–Crippen MR) is 69.6 cm³/mol. The number of imide groups is 1. The summed E-state index contributed by atoms with van der Waals surface area (Å²) in [5.41, 5.74) is -0.120. The zero-order chi connectivity index (χ0) is 13.9. The third kappa shape index (κ3) is 3.57. The molecule has 1 rings (SSSR count). The zero-order valence-corrected chi connectivity index (χ0v) is 12.2. The van der Waals surface area contributed by atoms with E-state index in [2.05, 4.69) is 36.8 Å². The molecule has 2 amide bonds. The maximum atomic E-state index is 11.7. The lowest BCUT2D eigenvalue weighted by Gasteiger charge is -2.08. The van der Waals surface area contributed by atoms with Crippen LogP contribution in [-0.4, -0.2) is 21.7 Å². The largest absolute Gasteiger partial charge is 0.293 e. The third-order valence-electron chi connectivity index (χ3n) is 1.86. The van der Waals surface area contributed by atoms with Gasteiger partial charge >= 0.3 is 0 Å². The number of hydrogen-bond acceptors (Lipinski definition) is 5. The average Bonchev–Trinajstić information content (AvgIpc) is 2.26. The number of nitrogens with one attached hydrogen (secondary N) is 1. The van der Waals surface area contributed by atoms with Crippen LogP contribution >= 0.6 is 31.9 Å². The summed E-state index contributed by atoms with van der Waals surface area (Å²) in [5.74, 6) is -1.30. The van der Waals surface area contributed by atoms with Crippen molar-refractivity contribution in [2.24, 2.45) is 0 Å². The number of carbonyl (C=O) groups excluding carboxylic acids is 2. The van der Waals surface area contributed by atoms with Crippen molar-refractivity contribution in [3.63, 3.8) is 0 Å². The number of aromatic nitrogens is 1. The minimum Gasteiger partial charge on any atom is -0.293 e. The molecule has 96 valence electrons. The molecule has 0 aliphatic carbocycles. The summed E-state index contributed by atoms with van der Waals surface area (Å²) < 4.78 is -0.460. The monoisotopic (exact) mass is 379 g/mol. The van der Waals surface area contributed by atoms with Crippen molar-refractivity contribution in [1.82, 2.24) is 10.3 Å². The quantitative estimate of drug-likeness (QED) is 0.491. The van der Waals surface area contributed by atoms with E-state index in [1.807, 2.05) is 5.32 Å². The molecule has 0 radical (unpaired) electrons. The van der Waals surface area contributed by atoms with Crippen LogP contribution in [0.25, 0.3) is 0 Å². The molecule has 0 aliphatic rings. The van der Waals surface area contributed by atoms with Gasteiger partial charge in [0, 0.05) is 13.0 Å². The van der Waals surface area contributed by atoms with Crippen molar-refractivity contribution in [2.45, 2.75) is 10.7 Å². The SMILES string of the molecule is CC(=O)NC(=O)c1cc([N+](=O)[O-])cnc1C(Br)Br. The van der Waals surface area contributed by atoms with Gasteiger partial charge in [-0.2, -0.15) is 0 Å². The number of nitrogens with zero attached hydrogens (tertiary/aromatic N) is 2. The van der Waals surface area contributed by atoms with Gasteiger partial charge in [0.05, 0.1) is 16.2 Å². The molecule has 9 heteroatoms. The number of carbonyl (C=O) groups is 2. The third-order valence-corrected chi connectivity index (χ3v) is 2.72. The lowest BCUT2D eigenvalue weighted by molar-refractivity contribution is -0.385. The normalized spacial score (nSPS) is 10.2. The van der Waals surface area contributed by atoms with Crippen LogP contribution in [0.3, 0.4) is 0 Å². The van der Waals surface area contributed by atoms with E-state index < -0.39 is 20.5 Å². The highest BCUT2D eigenvalue weighted by Gasteiger charge is 2.21. The van der Waals surface area contributed by atoms with E-state index in [1.54, 1.807) is 0 Å². The standard InChI is InChI=1S/C9H7Br2N3O4/c1-4(15)13-9(16)6-2-5(14(17)18)3-12-7(6)8(10)11/h2-3,8H,1H3,(H,13,15,16). The second-order valence-corrected chi connectivity index (χ2v) is 6.25. The topological polar surface area (TPSA) is 102 Å². The van der Waals surface area contributed by atoms with Gasteiger partial charge in [0.25, 0.3) is 11.6 Å². The fourth-order valence-electron chi connectivity index (χ4n) is 1.15. The summed E-state index contributed by atoms with van der Waals surface area (Å²) in [5, 5.41) is 12.7. The Morgan fingerprint density at radius 2 is 2.11 bits per heavy atom. The minimum absolute atomic E-state index is 0.0434. The van der Waals surface area contributed by atoms with Gasteiger partial charge in [-0.25, -0.2) is 0 Å². The Hall–Kier alpha value is -1.35. The van der Waals surface area contributed by atoms with E-state index in [1.165, 1.54) is 6.92 Å². The maximum absolute atomic E-state index is 11.7.